The number of amides is 1. The lowest BCUT2D eigenvalue weighted by Gasteiger charge is -2.30. The van der Waals surface area contributed by atoms with E-state index in [0.29, 0.717) is 23.5 Å². The molecule has 9 heteroatoms. The highest BCUT2D eigenvalue weighted by molar-refractivity contribution is 6.14. The van der Waals surface area contributed by atoms with Crippen LogP contribution in [0.5, 0.6) is 0 Å². The molecule has 5 rings (SSSR count). The third-order valence-corrected chi connectivity index (χ3v) is 6.07. The Morgan fingerprint density at radius 3 is 2.93 bits per heavy atom. The van der Waals surface area contributed by atoms with Gasteiger partial charge in [0, 0.05) is 41.9 Å². The van der Waals surface area contributed by atoms with Crippen LogP contribution in [0.1, 0.15) is 24.8 Å². The number of nitrogens with zero attached hydrogens (tertiary/aromatic N) is 2. The van der Waals surface area contributed by atoms with E-state index < -0.39 is 0 Å². The van der Waals surface area contributed by atoms with Crippen molar-refractivity contribution in [1.29, 1.82) is 0 Å². The first kappa shape index (κ1) is 20.6. The third kappa shape index (κ3) is 3.38. The van der Waals surface area contributed by atoms with E-state index in [1.165, 1.54) is 12.8 Å². The monoisotopic (exact) mass is 423 g/mol. The SMILES string of the molecule is Cl.Cl.O=C1NC(N[C@H]2[C@H]3CC[C@H](C3)[C@H]2CO)=N/C1=C\c1c[nH]c2ncccc12. The van der Waals surface area contributed by atoms with E-state index in [9.17, 15) is 9.90 Å². The molecule has 0 unspecified atom stereocenters. The lowest BCUT2D eigenvalue weighted by molar-refractivity contribution is -0.115. The molecule has 150 valence electrons. The van der Waals surface area contributed by atoms with Crippen LogP contribution in [-0.2, 0) is 4.79 Å². The van der Waals surface area contributed by atoms with Crippen LogP contribution in [0.25, 0.3) is 17.1 Å². The molecule has 2 aromatic rings. The number of nitrogens with one attached hydrogen (secondary N) is 3. The van der Waals surface area contributed by atoms with Crippen LogP contribution >= 0.6 is 24.8 Å². The van der Waals surface area contributed by atoms with Crippen LogP contribution < -0.4 is 10.6 Å². The minimum absolute atomic E-state index is 0. The molecular weight excluding hydrogens is 401 g/mol. The summed E-state index contributed by atoms with van der Waals surface area (Å²) in [5.41, 5.74) is 2.05. The van der Waals surface area contributed by atoms with Gasteiger partial charge < -0.3 is 15.4 Å². The summed E-state index contributed by atoms with van der Waals surface area (Å²) >= 11 is 0. The maximum Gasteiger partial charge on any atom is 0.276 e. The van der Waals surface area contributed by atoms with Crippen molar-refractivity contribution >= 4 is 53.8 Å². The second-order valence-electron chi connectivity index (χ2n) is 7.44. The van der Waals surface area contributed by atoms with Crippen LogP contribution in [0, 0.1) is 17.8 Å². The number of aromatic nitrogens is 2. The van der Waals surface area contributed by atoms with Gasteiger partial charge in [-0.1, -0.05) is 0 Å². The number of carbonyl (C=O) groups is 1. The van der Waals surface area contributed by atoms with Crippen molar-refractivity contribution in [2.75, 3.05) is 6.61 Å². The van der Waals surface area contributed by atoms with Crippen LogP contribution in [0.3, 0.4) is 0 Å². The summed E-state index contributed by atoms with van der Waals surface area (Å²) in [7, 11) is 0. The molecule has 2 aromatic heterocycles. The number of pyridine rings is 1. The number of hydrogen-bond acceptors (Lipinski definition) is 5. The topological polar surface area (TPSA) is 102 Å². The molecular formula is C19H23Cl2N5O2. The van der Waals surface area contributed by atoms with Gasteiger partial charge in [0.2, 0.25) is 5.96 Å². The van der Waals surface area contributed by atoms with E-state index in [4.69, 9.17) is 0 Å². The average Bonchev–Trinajstić information content (AvgIpc) is 3.41. The van der Waals surface area contributed by atoms with Gasteiger partial charge in [-0.3, -0.25) is 10.1 Å². The van der Waals surface area contributed by atoms with Gasteiger partial charge in [0.15, 0.2) is 0 Å². The van der Waals surface area contributed by atoms with Crippen LogP contribution in [0.15, 0.2) is 35.2 Å². The Labute approximate surface area is 174 Å². The lowest BCUT2D eigenvalue weighted by atomic mass is 9.85. The van der Waals surface area contributed by atoms with E-state index in [2.05, 4.69) is 25.6 Å². The zero-order valence-electron chi connectivity index (χ0n) is 15.1. The number of rotatable bonds is 3. The molecule has 4 N–H and O–H groups in total. The number of carbonyl (C=O) groups excluding carboxylic acids is 1. The molecule has 28 heavy (non-hydrogen) atoms. The molecule has 4 atom stereocenters. The van der Waals surface area contributed by atoms with Gasteiger partial charge in [0.25, 0.3) is 5.91 Å². The molecule has 2 saturated carbocycles. The minimum Gasteiger partial charge on any atom is -0.396 e. The standard InChI is InChI=1S/C19H21N5O2.2ClH/c25-9-14-10-3-4-11(6-10)16(14)23-19-22-15(18(26)24-19)7-12-8-21-17-13(12)2-1-5-20-17;;/h1-2,5,7-8,10-11,14,16,25H,3-4,6,9H2,(H,20,21)(H2,22,23,24,26);2*1H/b15-7-;;/t10-,11+,14-,16+;;/m1../s1. The van der Waals surface area contributed by atoms with Crippen molar-refractivity contribution in [3.63, 3.8) is 0 Å². The van der Waals surface area contributed by atoms with E-state index in [1.54, 1.807) is 12.3 Å². The Hall–Kier alpha value is -2.09. The number of aromatic amines is 1. The fourth-order valence-corrected chi connectivity index (χ4v) is 4.84. The highest BCUT2D eigenvalue weighted by Crippen LogP contribution is 2.48. The molecule has 2 aliphatic carbocycles. The van der Waals surface area contributed by atoms with E-state index >= 15 is 0 Å². The summed E-state index contributed by atoms with van der Waals surface area (Å²) < 4.78 is 0. The molecule has 3 aliphatic rings. The van der Waals surface area contributed by atoms with Crippen molar-refractivity contribution in [3.8, 4) is 0 Å². The van der Waals surface area contributed by atoms with Gasteiger partial charge >= 0.3 is 0 Å². The largest absolute Gasteiger partial charge is 0.396 e. The van der Waals surface area contributed by atoms with Gasteiger partial charge in [0.1, 0.15) is 11.3 Å². The molecule has 0 radical (unpaired) electrons. The number of aliphatic imine (C=N–C) groups is 1. The Balaban J connectivity index is 0.00000112. The average molecular weight is 424 g/mol. The van der Waals surface area contributed by atoms with Crippen molar-refractivity contribution < 1.29 is 9.90 Å². The molecule has 0 aromatic carbocycles. The van der Waals surface area contributed by atoms with Crippen molar-refractivity contribution in [3.05, 3.63) is 35.8 Å². The zero-order valence-corrected chi connectivity index (χ0v) is 16.7. The number of halogens is 2. The van der Waals surface area contributed by atoms with Crippen LogP contribution in [-0.4, -0.2) is 39.6 Å². The number of aliphatic hydroxyl groups excluding tert-OH is 1. The van der Waals surface area contributed by atoms with Crippen molar-refractivity contribution in [2.45, 2.75) is 25.3 Å². The normalized spacial score (nSPS) is 29.4. The third-order valence-electron chi connectivity index (χ3n) is 6.07. The van der Waals surface area contributed by atoms with E-state index in [-0.39, 0.29) is 49.3 Å². The quantitative estimate of drug-likeness (QED) is 0.568. The van der Waals surface area contributed by atoms with Crippen LogP contribution in [0.4, 0.5) is 0 Å². The van der Waals surface area contributed by atoms with Gasteiger partial charge in [-0.2, -0.15) is 0 Å². The lowest BCUT2D eigenvalue weighted by Crippen LogP contribution is -2.49. The van der Waals surface area contributed by atoms with Crippen molar-refractivity contribution in [1.82, 2.24) is 20.6 Å². The van der Waals surface area contributed by atoms with Gasteiger partial charge in [0.05, 0.1) is 0 Å². The Kier molecular flexibility index (Phi) is 5.98. The first-order valence-electron chi connectivity index (χ1n) is 9.14. The van der Waals surface area contributed by atoms with Crippen LogP contribution in [0.2, 0.25) is 0 Å². The number of fused-ring (bicyclic) bond motifs is 3. The molecule has 0 spiro atoms. The summed E-state index contributed by atoms with van der Waals surface area (Å²) in [5, 5.41) is 16.9. The Bertz CT molecular complexity index is 941. The van der Waals surface area contributed by atoms with E-state index in [1.807, 2.05) is 18.3 Å². The summed E-state index contributed by atoms with van der Waals surface area (Å²) in [6, 6.07) is 4.02. The second kappa shape index (κ2) is 8.11. The molecule has 1 aliphatic heterocycles. The second-order valence-corrected chi connectivity index (χ2v) is 7.44. The number of H-pyrrole nitrogens is 1. The molecule has 2 fully saturated rings. The summed E-state index contributed by atoms with van der Waals surface area (Å²) in [5.74, 6) is 1.68. The fraction of sp³-hybridized carbons (Fsp3) is 0.421. The number of hydrogen-bond donors (Lipinski definition) is 4. The molecule has 0 saturated heterocycles. The first-order chi connectivity index (χ1) is 12.7. The number of aliphatic hydroxyl groups is 1. The summed E-state index contributed by atoms with van der Waals surface area (Å²) in [6.45, 7) is 0.186. The molecule has 1 amide bonds. The molecule has 2 bridgehead atoms. The summed E-state index contributed by atoms with van der Waals surface area (Å²) in [4.78, 5) is 24.1. The molecule has 3 heterocycles. The Morgan fingerprint density at radius 1 is 1.29 bits per heavy atom. The van der Waals surface area contributed by atoms with E-state index in [0.717, 1.165) is 23.0 Å². The van der Waals surface area contributed by atoms with Gasteiger partial charge in [-0.25, -0.2) is 9.98 Å². The predicted octanol–water partition coefficient (Wildman–Crippen LogP) is 2.23. The predicted molar refractivity (Wildman–Crippen MR) is 112 cm³/mol. The summed E-state index contributed by atoms with van der Waals surface area (Å²) in [6.07, 6.45) is 8.88. The van der Waals surface area contributed by atoms with Gasteiger partial charge in [-0.15, -0.1) is 24.8 Å². The maximum atomic E-state index is 12.3. The molecule has 7 nitrogen and oxygen atoms in total. The maximum absolute atomic E-state index is 12.3. The zero-order chi connectivity index (χ0) is 17.7. The minimum atomic E-state index is -0.213. The Morgan fingerprint density at radius 2 is 2.11 bits per heavy atom. The highest BCUT2D eigenvalue weighted by Gasteiger charge is 2.47. The van der Waals surface area contributed by atoms with Gasteiger partial charge in [-0.05, 0) is 49.3 Å². The van der Waals surface area contributed by atoms with Crippen molar-refractivity contribution in [2.24, 2.45) is 22.7 Å². The smallest absolute Gasteiger partial charge is 0.276 e. The number of guanidine groups is 1. The highest BCUT2D eigenvalue weighted by atomic mass is 35.5. The first-order valence-corrected chi connectivity index (χ1v) is 9.14. The fourth-order valence-electron chi connectivity index (χ4n) is 4.84.